The Balaban J connectivity index is 1.11. The molecule has 0 aliphatic heterocycles. The first-order valence-corrected chi connectivity index (χ1v) is 22.8. The van der Waals surface area contributed by atoms with Gasteiger partial charge in [0, 0.05) is 22.3 Å². The number of hydrogen-bond donors (Lipinski definition) is 0. The van der Waals surface area contributed by atoms with E-state index in [1.807, 2.05) is 0 Å². The highest BCUT2D eigenvalue weighted by Gasteiger charge is 2.48. The van der Waals surface area contributed by atoms with Crippen LogP contribution in [0.1, 0.15) is 44.5 Å². The van der Waals surface area contributed by atoms with Gasteiger partial charge in [-0.1, -0.05) is 206 Å². The van der Waals surface area contributed by atoms with Crippen LogP contribution in [0.15, 0.2) is 265 Å². The highest BCUT2D eigenvalue weighted by molar-refractivity contribution is 5.96. The van der Waals surface area contributed by atoms with Crippen LogP contribution in [-0.4, -0.2) is 0 Å². The van der Waals surface area contributed by atoms with Crippen molar-refractivity contribution in [2.75, 3.05) is 4.90 Å². The first-order chi connectivity index (χ1) is 32.7. The van der Waals surface area contributed by atoms with E-state index in [0.29, 0.717) is 0 Å². The van der Waals surface area contributed by atoms with Crippen molar-refractivity contribution < 1.29 is 4.42 Å². The molecule has 0 fully saturated rings. The number of benzene rings is 10. The van der Waals surface area contributed by atoms with Crippen LogP contribution in [0.5, 0.6) is 0 Å². The van der Waals surface area contributed by atoms with E-state index in [-0.39, 0.29) is 0 Å². The summed E-state index contributed by atoms with van der Waals surface area (Å²) in [5.41, 5.74) is 20.3. The monoisotopic (exact) mass is 841 g/mol. The van der Waals surface area contributed by atoms with Gasteiger partial charge in [0.25, 0.3) is 0 Å². The molecule has 2 nitrogen and oxygen atoms in total. The van der Waals surface area contributed by atoms with Gasteiger partial charge in [-0.3, -0.25) is 0 Å². The molecular weight excluding hydrogens is 799 g/mol. The molecule has 2 aliphatic rings. The van der Waals surface area contributed by atoms with Crippen LogP contribution in [0.3, 0.4) is 0 Å². The Labute approximate surface area is 385 Å². The van der Waals surface area contributed by atoms with Crippen molar-refractivity contribution in [3.63, 3.8) is 0 Å². The Hall–Kier alpha value is -8.46. The minimum Gasteiger partial charge on any atom is -0.464 e. The molecule has 0 saturated heterocycles. The molecule has 2 aliphatic carbocycles. The van der Waals surface area contributed by atoms with E-state index in [0.717, 1.165) is 39.2 Å². The first-order valence-electron chi connectivity index (χ1n) is 22.8. The third-order valence-corrected chi connectivity index (χ3v) is 14.3. The Morgan fingerprint density at radius 1 is 0.303 bits per heavy atom. The van der Waals surface area contributed by atoms with E-state index in [9.17, 15) is 0 Å². The van der Waals surface area contributed by atoms with Gasteiger partial charge in [-0.25, -0.2) is 0 Å². The zero-order valence-corrected chi connectivity index (χ0v) is 36.2. The molecule has 13 rings (SSSR count). The van der Waals surface area contributed by atoms with Gasteiger partial charge in [-0.05, 0) is 121 Å². The van der Waals surface area contributed by atoms with Gasteiger partial charge in [0.05, 0.1) is 22.8 Å². The van der Waals surface area contributed by atoms with E-state index in [1.165, 1.54) is 66.8 Å². The number of para-hydroxylation sites is 1. The maximum atomic E-state index is 5.84. The molecule has 0 radical (unpaired) electrons. The fourth-order valence-corrected chi connectivity index (χ4v) is 11.6. The van der Waals surface area contributed by atoms with Crippen LogP contribution in [0.4, 0.5) is 17.1 Å². The van der Waals surface area contributed by atoms with Crippen LogP contribution < -0.4 is 4.90 Å². The smallest absolute Gasteiger partial charge is 0.133 e. The fourth-order valence-electron chi connectivity index (χ4n) is 11.6. The predicted molar refractivity (Wildman–Crippen MR) is 271 cm³/mol. The van der Waals surface area contributed by atoms with Crippen molar-refractivity contribution in [1.29, 1.82) is 0 Å². The quantitative estimate of drug-likeness (QED) is 0.152. The lowest BCUT2D eigenvalue weighted by Gasteiger charge is -2.36. The summed E-state index contributed by atoms with van der Waals surface area (Å²) in [5.74, 6) is 0. The topological polar surface area (TPSA) is 16.4 Å². The Bertz CT molecular complexity index is 3330. The highest BCUT2D eigenvalue weighted by atomic mass is 16.3. The van der Waals surface area contributed by atoms with Gasteiger partial charge >= 0.3 is 0 Å². The lowest BCUT2D eigenvalue weighted by Crippen LogP contribution is -2.29. The van der Waals surface area contributed by atoms with Crippen molar-refractivity contribution in [1.82, 2.24) is 0 Å². The minimum atomic E-state index is -0.558. The molecule has 11 aromatic rings. The van der Waals surface area contributed by atoms with Crippen LogP contribution >= 0.6 is 0 Å². The van der Waals surface area contributed by atoms with Crippen LogP contribution in [0, 0.1) is 0 Å². The molecule has 1 heterocycles. The Morgan fingerprint density at radius 3 is 1.20 bits per heavy atom. The summed E-state index contributed by atoms with van der Waals surface area (Å²) in [6.45, 7) is 0. The number of furan rings is 1. The molecule has 310 valence electrons. The maximum Gasteiger partial charge on any atom is 0.133 e. The molecule has 10 aromatic carbocycles. The Kier molecular flexibility index (Phi) is 8.69. The molecule has 0 amide bonds. The highest BCUT2D eigenvalue weighted by Crippen LogP contribution is 2.60. The molecule has 0 atom stereocenters. The third-order valence-electron chi connectivity index (χ3n) is 14.3. The third kappa shape index (κ3) is 5.49. The second kappa shape index (κ2) is 15.1. The maximum absolute atomic E-state index is 5.84. The van der Waals surface area contributed by atoms with E-state index < -0.39 is 10.8 Å². The van der Waals surface area contributed by atoms with Gasteiger partial charge in [0.15, 0.2) is 0 Å². The van der Waals surface area contributed by atoms with Gasteiger partial charge in [-0.15, -0.1) is 0 Å². The number of anilines is 3. The fraction of sp³-hybridized carbons (Fsp3) is 0.0312. The molecule has 0 bridgehead atoms. The summed E-state index contributed by atoms with van der Waals surface area (Å²) in [6.07, 6.45) is 1.77. The number of rotatable bonds is 8. The van der Waals surface area contributed by atoms with Crippen LogP contribution in [0.25, 0.3) is 44.3 Å². The summed E-state index contributed by atoms with van der Waals surface area (Å²) in [7, 11) is 0. The van der Waals surface area contributed by atoms with Gasteiger partial charge in [0.1, 0.15) is 5.58 Å². The van der Waals surface area contributed by atoms with E-state index in [1.54, 1.807) is 6.26 Å². The number of hydrogen-bond acceptors (Lipinski definition) is 2. The standard InChI is InChI=1S/C64H43NO/c1-5-19-46(20-6-1)63(47-21-7-2-8-22-47)57-30-16-13-28-53(57)55-36-34-50(42-59(55)63)65(61-32-18-15-27-52(61)44-33-38-62-45(41-44)39-40-66-62)51-35-37-56-54-29-14-17-31-58(54)64(60(56)43-51,48-23-9-3-10-24-48)49-25-11-4-12-26-49/h1-43H. The second-order valence-corrected chi connectivity index (χ2v) is 17.5. The van der Waals surface area contributed by atoms with Crippen molar-refractivity contribution >= 4 is 28.0 Å². The average Bonchev–Trinajstić information content (AvgIpc) is 4.08. The number of nitrogens with zero attached hydrogens (tertiary/aromatic N) is 1. The van der Waals surface area contributed by atoms with Gasteiger partial charge < -0.3 is 9.32 Å². The summed E-state index contributed by atoms with van der Waals surface area (Å²) >= 11 is 0. The lowest BCUT2D eigenvalue weighted by atomic mass is 9.67. The largest absolute Gasteiger partial charge is 0.464 e. The molecule has 0 saturated carbocycles. The van der Waals surface area contributed by atoms with Crippen molar-refractivity contribution in [2.45, 2.75) is 10.8 Å². The summed E-state index contributed by atoms with van der Waals surface area (Å²) < 4.78 is 5.84. The molecular formula is C64H43NO. The molecule has 66 heavy (non-hydrogen) atoms. The molecule has 0 unspecified atom stereocenters. The summed E-state index contributed by atoms with van der Waals surface area (Å²) in [5, 5.41) is 1.07. The first kappa shape index (κ1) is 38.0. The molecule has 2 heteroatoms. The van der Waals surface area contributed by atoms with E-state index in [2.05, 4.69) is 260 Å². The molecule has 0 spiro atoms. The van der Waals surface area contributed by atoms with E-state index in [4.69, 9.17) is 4.42 Å². The minimum absolute atomic E-state index is 0.558. The van der Waals surface area contributed by atoms with Crippen LogP contribution in [0.2, 0.25) is 0 Å². The molecule has 1 aromatic heterocycles. The molecule has 0 N–H and O–H groups in total. The average molecular weight is 842 g/mol. The summed E-state index contributed by atoms with van der Waals surface area (Å²) in [6, 6.07) is 94.1. The normalized spacial score (nSPS) is 13.7. The van der Waals surface area contributed by atoms with Gasteiger partial charge in [0.2, 0.25) is 0 Å². The SMILES string of the molecule is c1ccc(C2(c3ccccc3)c3ccccc3-c3ccc(N(c4ccc5c(c4)C(c4ccccc4)(c4ccccc4)c4ccccc4-5)c4ccccc4-c4ccc5occc5c4)cc32)cc1. The van der Waals surface area contributed by atoms with Crippen molar-refractivity contribution in [3.8, 4) is 33.4 Å². The van der Waals surface area contributed by atoms with E-state index >= 15 is 0 Å². The summed E-state index contributed by atoms with van der Waals surface area (Å²) in [4.78, 5) is 2.50. The van der Waals surface area contributed by atoms with Crippen molar-refractivity contribution in [3.05, 3.63) is 306 Å². The number of fused-ring (bicyclic) bond motifs is 7. The van der Waals surface area contributed by atoms with Crippen LogP contribution in [-0.2, 0) is 10.8 Å². The lowest BCUT2D eigenvalue weighted by molar-refractivity contribution is 0.616. The Morgan fingerprint density at radius 2 is 0.712 bits per heavy atom. The predicted octanol–water partition coefficient (Wildman–Crippen LogP) is 16.3. The second-order valence-electron chi connectivity index (χ2n) is 17.5. The zero-order valence-electron chi connectivity index (χ0n) is 36.2. The zero-order chi connectivity index (χ0) is 43.7. The van der Waals surface area contributed by atoms with Gasteiger partial charge in [-0.2, -0.15) is 0 Å². The van der Waals surface area contributed by atoms with Crippen molar-refractivity contribution in [2.24, 2.45) is 0 Å².